The maximum Gasteiger partial charge on any atom is 0.378 e. The minimum Gasteiger partial charge on any atom is -0.460 e. The quantitative estimate of drug-likeness (QED) is 0.769. The maximum absolute atomic E-state index is 11.6. The molecule has 108 valence electrons. The van der Waals surface area contributed by atoms with Gasteiger partial charge in [-0.2, -0.15) is 0 Å². The van der Waals surface area contributed by atoms with Crippen LogP contribution in [0.3, 0.4) is 0 Å². The van der Waals surface area contributed by atoms with Crippen LogP contribution < -0.4 is 0 Å². The van der Waals surface area contributed by atoms with Crippen molar-refractivity contribution in [3.8, 4) is 0 Å². The number of ether oxygens (including phenoxy) is 1. The molecule has 0 spiro atoms. The summed E-state index contributed by atoms with van der Waals surface area (Å²) in [4.78, 5) is 15.8. The summed E-state index contributed by atoms with van der Waals surface area (Å²) in [5.41, 5.74) is 0.294. The standard InChI is InChI=1S/C14H25N3O2/c1-7-19-13(18)12-15-11(17(6)16-12)8-10(2)9-14(3,4)5/h10H,7-9H2,1-6H3. The molecule has 0 aliphatic heterocycles. The molecule has 0 amide bonds. The van der Waals surface area contributed by atoms with E-state index in [2.05, 4.69) is 37.8 Å². The van der Waals surface area contributed by atoms with Crippen LogP contribution in [-0.2, 0) is 18.2 Å². The molecule has 1 aromatic heterocycles. The van der Waals surface area contributed by atoms with Gasteiger partial charge in [0.25, 0.3) is 5.82 Å². The second-order valence-corrected chi connectivity index (χ2v) is 6.27. The molecule has 1 unspecified atom stereocenters. The van der Waals surface area contributed by atoms with Crippen LogP contribution in [0.15, 0.2) is 0 Å². The van der Waals surface area contributed by atoms with Crippen molar-refractivity contribution >= 4 is 5.97 Å². The van der Waals surface area contributed by atoms with Gasteiger partial charge in [-0.05, 0) is 24.7 Å². The first kappa shape index (κ1) is 15.7. The van der Waals surface area contributed by atoms with Crippen LogP contribution in [0, 0.1) is 11.3 Å². The Morgan fingerprint density at radius 3 is 2.58 bits per heavy atom. The van der Waals surface area contributed by atoms with E-state index in [0.717, 1.165) is 18.7 Å². The molecule has 0 N–H and O–H groups in total. The molecule has 5 heteroatoms. The molecule has 0 saturated heterocycles. The molecule has 0 bridgehead atoms. The molecule has 1 rings (SSSR count). The fraction of sp³-hybridized carbons (Fsp3) is 0.786. The number of carbonyl (C=O) groups is 1. The number of aromatic nitrogens is 3. The van der Waals surface area contributed by atoms with Crippen LogP contribution in [-0.4, -0.2) is 27.3 Å². The van der Waals surface area contributed by atoms with Gasteiger partial charge in [0.15, 0.2) is 0 Å². The third kappa shape index (κ3) is 5.01. The normalized spacial score (nSPS) is 13.4. The third-order valence-corrected chi connectivity index (χ3v) is 2.80. The van der Waals surface area contributed by atoms with E-state index in [1.54, 1.807) is 11.6 Å². The summed E-state index contributed by atoms with van der Waals surface area (Å²) in [5.74, 6) is 1.04. The van der Waals surface area contributed by atoms with Crippen LogP contribution in [0.2, 0.25) is 0 Å². The summed E-state index contributed by atoms with van der Waals surface area (Å²) in [7, 11) is 1.81. The first-order valence-corrected chi connectivity index (χ1v) is 6.80. The molecule has 1 atom stereocenters. The van der Waals surface area contributed by atoms with E-state index in [0.29, 0.717) is 17.9 Å². The van der Waals surface area contributed by atoms with Crippen molar-refractivity contribution in [2.75, 3.05) is 6.61 Å². The zero-order valence-electron chi connectivity index (χ0n) is 12.9. The number of carbonyl (C=O) groups excluding carboxylic acids is 1. The molecule has 5 nitrogen and oxygen atoms in total. The number of aryl methyl sites for hydroxylation is 1. The van der Waals surface area contributed by atoms with Crippen molar-refractivity contribution in [1.82, 2.24) is 14.8 Å². The average molecular weight is 267 g/mol. The molecule has 1 heterocycles. The highest BCUT2D eigenvalue weighted by Gasteiger charge is 2.20. The monoisotopic (exact) mass is 267 g/mol. The highest BCUT2D eigenvalue weighted by Crippen LogP contribution is 2.25. The van der Waals surface area contributed by atoms with Gasteiger partial charge in [0, 0.05) is 13.5 Å². The van der Waals surface area contributed by atoms with Crippen molar-refractivity contribution in [3.63, 3.8) is 0 Å². The molecule has 1 aromatic rings. The van der Waals surface area contributed by atoms with Gasteiger partial charge in [-0.25, -0.2) is 9.78 Å². The molecule has 0 radical (unpaired) electrons. The lowest BCUT2D eigenvalue weighted by Gasteiger charge is -2.22. The van der Waals surface area contributed by atoms with Crippen molar-refractivity contribution < 1.29 is 9.53 Å². The number of nitrogens with zero attached hydrogens (tertiary/aromatic N) is 3. The summed E-state index contributed by atoms with van der Waals surface area (Å²) in [6.07, 6.45) is 1.93. The number of hydrogen-bond acceptors (Lipinski definition) is 4. The van der Waals surface area contributed by atoms with E-state index in [-0.39, 0.29) is 5.82 Å². The fourth-order valence-electron chi connectivity index (χ4n) is 2.31. The molecular weight excluding hydrogens is 242 g/mol. The van der Waals surface area contributed by atoms with Gasteiger partial charge < -0.3 is 4.74 Å². The Morgan fingerprint density at radius 2 is 2.05 bits per heavy atom. The first-order valence-electron chi connectivity index (χ1n) is 6.80. The topological polar surface area (TPSA) is 57.0 Å². The molecule has 0 aliphatic carbocycles. The van der Waals surface area contributed by atoms with Crippen molar-refractivity contribution in [2.45, 2.75) is 47.5 Å². The minimum absolute atomic E-state index is 0.155. The van der Waals surface area contributed by atoms with E-state index in [1.807, 2.05) is 7.05 Å². The van der Waals surface area contributed by atoms with Gasteiger partial charge >= 0.3 is 5.97 Å². The lowest BCUT2D eigenvalue weighted by atomic mass is 9.84. The lowest BCUT2D eigenvalue weighted by Crippen LogP contribution is -2.14. The second kappa shape index (κ2) is 6.17. The zero-order valence-corrected chi connectivity index (χ0v) is 12.9. The summed E-state index contributed by atoms with van der Waals surface area (Å²) in [6, 6.07) is 0. The Balaban J connectivity index is 2.72. The summed E-state index contributed by atoms with van der Waals surface area (Å²) in [6.45, 7) is 11.0. The molecule has 0 saturated carbocycles. The predicted molar refractivity (Wildman–Crippen MR) is 73.9 cm³/mol. The fourth-order valence-corrected chi connectivity index (χ4v) is 2.31. The first-order chi connectivity index (χ1) is 8.73. The van der Waals surface area contributed by atoms with E-state index in [9.17, 15) is 4.79 Å². The number of hydrogen-bond donors (Lipinski definition) is 0. The Kier molecular flexibility index (Phi) is 5.09. The minimum atomic E-state index is -0.451. The Hall–Kier alpha value is -1.39. The smallest absolute Gasteiger partial charge is 0.378 e. The predicted octanol–water partition coefficient (Wildman–Crippen LogP) is 2.61. The van der Waals surface area contributed by atoms with Gasteiger partial charge in [0.1, 0.15) is 5.82 Å². The second-order valence-electron chi connectivity index (χ2n) is 6.27. The summed E-state index contributed by atoms with van der Waals surface area (Å²) < 4.78 is 6.58. The van der Waals surface area contributed by atoms with Crippen LogP contribution in [0.5, 0.6) is 0 Å². The van der Waals surface area contributed by atoms with Gasteiger partial charge in [0.05, 0.1) is 6.61 Å². The SMILES string of the molecule is CCOC(=O)c1nc(CC(C)CC(C)(C)C)n(C)n1. The van der Waals surface area contributed by atoms with Crippen LogP contribution in [0.25, 0.3) is 0 Å². The molecule has 0 aliphatic rings. The summed E-state index contributed by atoms with van der Waals surface area (Å²) in [5, 5.41) is 4.11. The van der Waals surface area contributed by atoms with Gasteiger partial charge in [0.2, 0.25) is 0 Å². The van der Waals surface area contributed by atoms with Gasteiger partial charge in [-0.15, -0.1) is 5.10 Å². The van der Waals surface area contributed by atoms with E-state index in [4.69, 9.17) is 4.74 Å². The largest absolute Gasteiger partial charge is 0.460 e. The molecule has 19 heavy (non-hydrogen) atoms. The maximum atomic E-state index is 11.6. The third-order valence-electron chi connectivity index (χ3n) is 2.80. The molecule has 0 fully saturated rings. The Labute approximate surface area is 115 Å². The van der Waals surface area contributed by atoms with Crippen LogP contribution in [0.4, 0.5) is 0 Å². The highest BCUT2D eigenvalue weighted by molar-refractivity contribution is 5.84. The highest BCUT2D eigenvalue weighted by atomic mass is 16.5. The van der Waals surface area contributed by atoms with E-state index < -0.39 is 5.97 Å². The number of esters is 1. The summed E-state index contributed by atoms with van der Waals surface area (Å²) >= 11 is 0. The zero-order chi connectivity index (χ0) is 14.6. The van der Waals surface area contributed by atoms with Crippen molar-refractivity contribution in [1.29, 1.82) is 0 Å². The van der Waals surface area contributed by atoms with Crippen LogP contribution >= 0.6 is 0 Å². The lowest BCUT2D eigenvalue weighted by molar-refractivity contribution is 0.0511. The Morgan fingerprint density at radius 1 is 1.42 bits per heavy atom. The van der Waals surface area contributed by atoms with Gasteiger partial charge in [-0.3, -0.25) is 4.68 Å². The number of rotatable bonds is 5. The molecule has 0 aromatic carbocycles. The van der Waals surface area contributed by atoms with Crippen molar-refractivity contribution in [3.05, 3.63) is 11.6 Å². The molecular formula is C14H25N3O2. The van der Waals surface area contributed by atoms with E-state index in [1.165, 1.54) is 0 Å². The van der Waals surface area contributed by atoms with E-state index >= 15 is 0 Å². The van der Waals surface area contributed by atoms with Gasteiger partial charge in [-0.1, -0.05) is 27.7 Å². The Bertz CT molecular complexity index is 432. The van der Waals surface area contributed by atoms with Crippen molar-refractivity contribution in [2.24, 2.45) is 18.4 Å². The average Bonchev–Trinajstić information content (AvgIpc) is 2.58. The van der Waals surface area contributed by atoms with Crippen LogP contribution in [0.1, 0.15) is 57.5 Å².